The second-order valence-electron chi connectivity index (χ2n) is 3.82. The Bertz CT molecular complexity index is 362. The molecular weight excluding hydrogens is 230 g/mol. The quantitative estimate of drug-likeness (QED) is 0.363. The van der Waals surface area contributed by atoms with Crippen LogP contribution in [0.5, 0.6) is 0 Å². The molecule has 0 aliphatic heterocycles. The minimum atomic E-state index is 0.917. The average Bonchev–Trinajstić information content (AvgIpc) is 2.38. The summed E-state index contributed by atoms with van der Waals surface area (Å²) in [6.45, 7) is 3.17. The number of nitrogens with one attached hydrogen (secondary N) is 1. The molecule has 0 aliphatic carbocycles. The molecule has 1 aromatic rings. The van der Waals surface area contributed by atoms with Crippen LogP contribution in [-0.4, -0.2) is 29.8 Å². The first-order valence-corrected chi connectivity index (χ1v) is 6.30. The molecule has 92 valence electrons. The van der Waals surface area contributed by atoms with Gasteiger partial charge in [0.1, 0.15) is 0 Å². The second kappa shape index (κ2) is 7.79. The van der Waals surface area contributed by atoms with Gasteiger partial charge in [0.25, 0.3) is 0 Å². The Morgan fingerprint density at radius 3 is 2.71 bits per heavy atom. The highest BCUT2D eigenvalue weighted by molar-refractivity contribution is 7.78. The van der Waals surface area contributed by atoms with Gasteiger partial charge in [-0.3, -0.25) is 5.43 Å². The minimum Gasteiger partial charge on any atom is -0.358 e. The third kappa shape index (κ3) is 4.53. The number of unbranched alkanes of at least 4 members (excludes halogenated alkanes) is 1. The zero-order chi connectivity index (χ0) is 12.5. The zero-order valence-electron chi connectivity index (χ0n) is 10.4. The van der Waals surface area contributed by atoms with Crippen molar-refractivity contribution < 1.29 is 0 Å². The van der Waals surface area contributed by atoms with Gasteiger partial charge in [-0.25, -0.2) is 0 Å². The molecule has 1 rings (SSSR count). The first-order chi connectivity index (χ1) is 8.29. The number of thiocarbonyl (C=S) groups is 1. The third-order valence-corrected chi connectivity index (χ3v) is 2.57. The first kappa shape index (κ1) is 13.6. The lowest BCUT2D eigenvalue weighted by molar-refractivity contribution is 0.482. The summed E-state index contributed by atoms with van der Waals surface area (Å²) >= 11 is 4.73. The van der Waals surface area contributed by atoms with E-state index in [1.54, 1.807) is 0 Å². The Morgan fingerprint density at radius 2 is 2.12 bits per heavy atom. The van der Waals surface area contributed by atoms with Crippen molar-refractivity contribution >= 4 is 23.5 Å². The van der Waals surface area contributed by atoms with Crippen LogP contribution < -0.4 is 5.43 Å². The fraction of sp³-hybridized carbons (Fsp3) is 0.385. The molecule has 0 radical (unpaired) electrons. The van der Waals surface area contributed by atoms with Crippen LogP contribution in [0.3, 0.4) is 0 Å². The van der Waals surface area contributed by atoms with E-state index in [0.717, 1.165) is 24.4 Å². The van der Waals surface area contributed by atoms with Gasteiger partial charge < -0.3 is 4.90 Å². The van der Waals surface area contributed by atoms with Crippen molar-refractivity contribution in [3.05, 3.63) is 35.9 Å². The Labute approximate surface area is 109 Å². The molecule has 0 aromatic heterocycles. The molecule has 0 fully saturated rings. The van der Waals surface area contributed by atoms with Crippen LogP contribution in [0.1, 0.15) is 25.3 Å². The van der Waals surface area contributed by atoms with Gasteiger partial charge in [0.2, 0.25) is 0 Å². The van der Waals surface area contributed by atoms with E-state index in [4.69, 9.17) is 12.2 Å². The Kier molecular flexibility index (Phi) is 6.25. The van der Waals surface area contributed by atoms with E-state index in [2.05, 4.69) is 22.4 Å². The molecule has 0 amide bonds. The maximum absolute atomic E-state index is 4.73. The molecule has 0 bridgehead atoms. The highest BCUT2D eigenvalue weighted by atomic mass is 32.1. The van der Waals surface area contributed by atoms with E-state index in [1.165, 1.54) is 11.9 Å². The fourth-order valence-electron chi connectivity index (χ4n) is 1.55. The molecule has 0 saturated heterocycles. The SMILES string of the molecule is CCCCN(C)/C(=N\NC=S)c1ccccc1. The molecule has 1 aromatic carbocycles. The Balaban J connectivity index is 2.84. The molecule has 0 atom stereocenters. The predicted octanol–water partition coefficient (Wildman–Crippen LogP) is 2.63. The van der Waals surface area contributed by atoms with E-state index < -0.39 is 0 Å². The number of amidine groups is 1. The molecule has 0 heterocycles. The van der Waals surface area contributed by atoms with Gasteiger partial charge >= 0.3 is 0 Å². The molecule has 0 saturated carbocycles. The smallest absolute Gasteiger partial charge is 0.155 e. The largest absolute Gasteiger partial charge is 0.358 e. The molecule has 0 unspecified atom stereocenters. The molecule has 0 spiro atoms. The summed E-state index contributed by atoms with van der Waals surface area (Å²) < 4.78 is 0. The van der Waals surface area contributed by atoms with Crippen molar-refractivity contribution in [3.8, 4) is 0 Å². The van der Waals surface area contributed by atoms with Crippen LogP contribution >= 0.6 is 12.2 Å². The number of benzene rings is 1. The second-order valence-corrected chi connectivity index (χ2v) is 4.06. The monoisotopic (exact) mass is 249 g/mol. The van der Waals surface area contributed by atoms with Crippen molar-refractivity contribution in [2.75, 3.05) is 13.6 Å². The summed E-state index contributed by atoms with van der Waals surface area (Å²) in [4.78, 5) is 2.14. The number of rotatable bonds is 6. The maximum atomic E-state index is 4.73. The lowest BCUT2D eigenvalue weighted by atomic mass is 10.2. The summed E-state index contributed by atoms with van der Waals surface area (Å²) in [7, 11) is 2.05. The highest BCUT2D eigenvalue weighted by Crippen LogP contribution is 2.05. The molecule has 0 aliphatic rings. The van der Waals surface area contributed by atoms with Crippen LogP contribution in [0, 0.1) is 0 Å². The van der Waals surface area contributed by atoms with E-state index in [9.17, 15) is 0 Å². The van der Waals surface area contributed by atoms with Gasteiger partial charge in [0.15, 0.2) is 5.84 Å². The molecule has 4 heteroatoms. The molecule has 17 heavy (non-hydrogen) atoms. The number of hydrogen-bond donors (Lipinski definition) is 1. The fourth-order valence-corrected chi connectivity index (χ4v) is 1.60. The van der Waals surface area contributed by atoms with Gasteiger partial charge in [-0.05, 0) is 6.42 Å². The van der Waals surface area contributed by atoms with E-state index in [0.29, 0.717) is 0 Å². The van der Waals surface area contributed by atoms with Crippen molar-refractivity contribution in [3.63, 3.8) is 0 Å². The van der Waals surface area contributed by atoms with Crippen LogP contribution in [-0.2, 0) is 0 Å². The van der Waals surface area contributed by atoms with Gasteiger partial charge in [-0.1, -0.05) is 55.9 Å². The average molecular weight is 249 g/mol. The lowest BCUT2D eigenvalue weighted by Crippen LogP contribution is -2.30. The zero-order valence-corrected chi connectivity index (χ0v) is 11.2. The van der Waals surface area contributed by atoms with Crippen LogP contribution in [0.2, 0.25) is 0 Å². The van der Waals surface area contributed by atoms with E-state index in [1.807, 2.05) is 37.4 Å². The summed E-state index contributed by atoms with van der Waals surface area (Å²) in [6.07, 6.45) is 2.33. The summed E-state index contributed by atoms with van der Waals surface area (Å²) in [5, 5.41) is 4.30. The number of nitrogens with zero attached hydrogens (tertiary/aromatic N) is 2. The molecular formula is C13H19N3S. The van der Waals surface area contributed by atoms with Crippen molar-refractivity contribution in [2.24, 2.45) is 5.10 Å². The lowest BCUT2D eigenvalue weighted by Gasteiger charge is -2.20. The summed E-state index contributed by atoms with van der Waals surface area (Å²) in [5.41, 5.74) is 5.25. The Morgan fingerprint density at radius 1 is 1.41 bits per heavy atom. The number of hydrogen-bond acceptors (Lipinski definition) is 2. The molecule has 3 nitrogen and oxygen atoms in total. The summed E-state index contributed by atoms with van der Waals surface area (Å²) in [5.74, 6) is 0.917. The Hall–Kier alpha value is -1.42. The summed E-state index contributed by atoms with van der Waals surface area (Å²) in [6, 6.07) is 10.1. The van der Waals surface area contributed by atoms with Crippen LogP contribution in [0.4, 0.5) is 0 Å². The highest BCUT2D eigenvalue weighted by Gasteiger charge is 2.08. The van der Waals surface area contributed by atoms with Gasteiger partial charge in [0, 0.05) is 19.2 Å². The first-order valence-electron chi connectivity index (χ1n) is 5.83. The maximum Gasteiger partial charge on any atom is 0.155 e. The van der Waals surface area contributed by atoms with Crippen molar-refractivity contribution in [1.82, 2.24) is 10.3 Å². The van der Waals surface area contributed by atoms with E-state index in [-0.39, 0.29) is 0 Å². The van der Waals surface area contributed by atoms with Crippen LogP contribution in [0.25, 0.3) is 0 Å². The molecule has 1 N–H and O–H groups in total. The van der Waals surface area contributed by atoms with Gasteiger partial charge in [0.05, 0.1) is 5.49 Å². The van der Waals surface area contributed by atoms with Gasteiger partial charge in [-0.15, -0.1) is 0 Å². The topological polar surface area (TPSA) is 27.6 Å². The third-order valence-electron chi connectivity index (χ3n) is 2.46. The predicted molar refractivity (Wildman–Crippen MR) is 77.3 cm³/mol. The standard InChI is InChI=1S/C13H19N3S/c1-3-4-10-16(2)13(15-14-11-17)12-8-6-5-7-9-12/h5-9,11H,3-4,10H2,1-2H3,(H,14,17)/b15-13-. The van der Waals surface area contributed by atoms with Crippen molar-refractivity contribution in [1.29, 1.82) is 0 Å². The number of hydrazone groups is 1. The van der Waals surface area contributed by atoms with E-state index >= 15 is 0 Å². The normalized spacial score (nSPS) is 11.1. The van der Waals surface area contributed by atoms with Gasteiger partial charge in [-0.2, -0.15) is 5.10 Å². The van der Waals surface area contributed by atoms with Crippen LogP contribution in [0.15, 0.2) is 35.4 Å². The van der Waals surface area contributed by atoms with Crippen molar-refractivity contribution in [2.45, 2.75) is 19.8 Å². The minimum absolute atomic E-state index is 0.917.